The lowest BCUT2D eigenvalue weighted by Crippen LogP contribution is -2.45. The van der Waals surface area contributed by atoms with Crippen molar-refractivity contribution in [3.05, 3.63) is 33.3 Å². The van der Waals surface area contributed by atoms with Crippen molar-refractivity contribution < 1.29 is 0 Å². The Morgan fingerprint density at radius 1 is 1.53 bits per heavy atom. The van der Waals surface area contributed by atoms with Crippen molar-refractivity contribution in [1.82, 2.24) is 5.43 Å². The van der Waals surface area contributed by atoms with Gasteiger partial charge in [0.25, 0.3) is 0 Å². The molecule has 0 aromatic heterocycles. The van der Waals surface area contributed by atoms with Crippen LogP contribution in [0.3, 0.4) is 0 Å². The highest BCUT2D eigenvalue weighted by Crippen LogP contribution is 2.45. The maximum absolute atomic E-state index is 6.31. The Morgan fingerprint density at radius 3 is 2.79 bits per heavy atom. The normalized spacial score (nSPS) is 23.5. The van der Waals surface area contributed by atoms with E-state index in [0.29, 0.717) is 11.3 Å². The van der Waals surface area contributed by atoms with E-state index in [9.17, 15) is 0 Å². The van der Waals surface area contributed by atoms with Crippen molar-refractivity contribution in [1.29, 1.82) is 0 Å². The topological polar surface area (TPSA) is 38.0 Å². The minimum atomic E-state index is 0.288. The van der Waals surface area contributed by atoms with Gasteiger partial charge in [0.1, 0.15) is 0 Å². The van der Waals surface area contributed by atoms with Crippen molar-refractivity contribution in [2.45, 2.75) is 45.6 Å². The summed E-state index contributed by atoms with van der Waals surface area (Å²) in [4.78, 5) is 0. The van der Waals surface area contributed by atoms with Crippen LogP contribution in [-0.4, -0.2) is 6.04 Å². The Balaban J connectivity index is 2.15. The number of hydrazine groups is 1. The first-order valence-corrected chi connectivity index (χ1v) is 8.01. The highest BCUT2D eigenvalue weighted by molar-refractivity contribution is 9.10. The molecule has 1 aromatic rings. The summed E-state index contributed by atoms with van der Waals surface area (Å²) in [5, 5.41) is 0.811. The summed E-state index contributed by atoms with van der Waals surface area (Å²) in [7, 11) is 0. The minimum Gasteiger partial charge on any atom is -0.271 e. The lowest BCUT2D eigenvalue weighted by atomic mass is 9.76. The zero-order valence-corrected chi connectivity index (χ0v) is 13.9. The SMILES string of the molecule is CC1(C)CCCC1C(Cc1ccc(Br)cc1Cl)NN. The van der Waals surface area contributed by atoms with Crippen LogP contribution in [0, 0.1) is 11.3 Å². The molecule has 2 unspecified atom stereocenters. The molecule has 106 valence electrons. The zero-order chi connectivity index (χ0) is 14.0. The summed E-state index contributed by atoms with van der Waals surface area (Å²) in [6.07, 6.45) is 4.71. The van der Waals surface area contributed by atoms with Crippen molar-refractivity contribution in [2.75, 3.05) is 0 Å². The number of halogens is 2. The van der Waals surface area contributed by atoms with E-state index in [0.717, 1.165) is 21.5 Å². The predicted octanol–water partition coefficient (Wildman–Crippen LogP) is 4.30. The molecule has 0 heterocycles. The molecule has 1 fully saturated rings. The van der Waals surface area contributed by atoms with E-state index in [-0.39, 0.29) is 6.04 Å². The average Bonchev–Trinajstić information content (AvgIpc) is 2.68. The van der Waals surface area contributed by atoms with Crippen molar-refractivity contribution in [3.63, 3.8) is 0 Å². The van der Waals surface area contributed by atoms with Crippen LogP contribution in [0.1, 0.15) is 38.7 Å². The third-order valence-electron chi connectivity index (χ3n) is 4.49. The molecule has 1 aliphatic rings. The van der Waals surface area contributed by atoms with Gasteiger partial charge in [0.05, 0.1) is 0 Å². The summed E-state index contributed by atoms with van der Waals surface area (Å²) < 4.78 is 1.01. The van der Waals surface area contributed by atoms with Gasteiger partial charge in [-0.25, -0.2) is 0 Å². The fourth-order valence-electron chi connectivity index (χ4n) is 3.34. The van der Waals surface area contributed by atoms with Crippen LogP contribution in [0.15, 0.2) is 22.7 Å². The van der Waals surface area contributed by atoms with Gasteiger partial charge in [0.2, 0.25) is 0 Å². The van der Waals surface area contributed by atoms with Gasteiger partial charge in [-0.05, 0) is 48.3 Å². The van der Waals surface area contributed by atoms with Crippen LogP contribution >= 0.6 is 27.5 Å². The Bertz CT molecular complexity index is 448. The van der Waals surface area contributed by atoms with Crippen molar-refractivity contribution in [2.24, 2.45) is 17.2 Å². The molecule has 2 rings (SSSR count). The number of nitrogens with one attached hydrogen (secondary N) is 1. The molecule has 2 nitrogen and oxygen atoms in total. The quantitative estimate of drug-likeness (QED) is 0.630. The van der Waals surface area contributed by atoms with Gasteiger partial charge in [-0.2, -0.15) is 0 Å². The van der Waals surface area contributed by atoms with E-state index in [4.69, 9.17) is 17.4 Å². The second-order valence-electron chi connectivity index (χ2n) is 6.20. The van der Waals surface area contributed by atoms with E-state index in [1.54, 1.807) is 0 Å². The molecular formula is C15H22BrClN2. The highest BCUT2D eigenvalue weighted by Gasteiger charge is 2.39. The maximum Gasteiger partial charge on any atom is 0.0449 e. The Hall–Kier alpha value is -0.0900. The second-order valence-corrected chi connectivity index (χ2v) is 7.52. The minimum absolute atomic E-state index is 0.288. The molecule has 0 saturated heterocycles. The maximum atomic E-state index is 6.31. The third-order valence-corrected chi connectivity index (χ3v) is 5.34. The smallest absolute Gasteiger partial charge is 0.0449 e. The predicted molar refractivity (Wildman–Crippen MR) is 85.1 cm³/mol. The zero-order valence-electron chi connectivity index (χ0n) is 11.5. The molecule has 0 amide bonds. The summed E-state index contributed by atoms with van der Waals surface area (Å²) in [6, 6.07) is 6.36. The summed E-state index contributed by atoms with van der Waals surface area (Å²) in [6.45, 7) is 4.69. The first-order chi connectivity index (χ1) is 8.94. The molecule has 4 heteroatoms. The molecule has 19 heavy (non-hydrogen) atoms. The molecule has 1 saturated carbocycles. The average molecular weight is 346 g/mol. The Labute approximate surface area is 129 Å². The van der Waals surface area contributed by atoms with E-state index in [1.165, 1.54) is 19.3 Å². The third kappa shape index (κ3) is 3.52. The molecule has 2 atom stereocenters. The van der Waals surface area contributed by atoms with Crippen LogP contribution in [-0.2, 0) is 6.42 Å². The fourth-order valence-corrected chi connectivity index (χ4v) is 4.09. The van der Waals surface area contributed by atoms with E-state index in [2.05, 4.69) is 41.3 Å². The van der Waals surface area contributed by atoms with E-state index >= 15 is 0 Å². The van der Waals surface area contributed by atoms with Gasteiger partial charge in [-0.15, -0.1) is 0 Å². The van der Waals surface area contributed by atoms with E-state index in [1.807, 2.05) is 12.1 Å². The second kappa shape index (κ2) is 6.13. The van der Waals surface area contributed by atoms with Gasteiger partial charge < -0.3 is 0 Å². The van der Waals surface area contributed by atoms with Crippen LogP contribution < -0.4 is 11.3 Å². The summed E-state index contributed by atoms with van der Waals surface area (Å²) in [5.41, 5.74) is 4.54. The number of hydrogen-bond acceptors (Lipinski definition) is 2. The Kier molecular flexibility index (Phi) is 4.93. The molecule has 0 aliphatic heterocycles. The van der Waals surface area contributed by atoms with Gasteiger partial charge >= 0.3 is 0 Å². The lowest BCUT2D eigenvalue weighted by molar-refractivity contribution is 0.196. The lowest BCUT2D eigenvalue weighted by Gasteiger charge is -2.34. The molecular weight excluding hydrogens is 324 g/mol. The van der Waals surface area contributed by atoms with Crippen LogP contribution in [0.25, 0.3) is 0 Å². The highest BCUT2D eigenvalue weighted by atomic mass is 79.9. The standard InChI is InChI=1S/C15H22BrClN2/c1-15(2)7-3-4-12(15)14(19-18)8-10-5-6-11(16)9-13(10)17/h5-6,9,12,14,19H,3-4,7-8,18H2,1-2H3. The van der Waals surface area contributed by atoms with Gasteiger partial charge in [-0.3, -0.25) is 11.3 Å². The first-order valence-electron chi connectivity index (χ1n) is 6.84. The molecule has 3 N–H and O–H groups in total. The van der Waals surface area contributed by atoms with Gasteiger partial charge in [0, 0.05) is 15.5 Å². The van der Waals surface area contributed by atoms with Crippen LogP contribution in [0.5, 0.6) is 0 Å². The number of rotatable bonds is 4. The van der Waals surface area contributed by atoms with Crippen LogP contribution in [0.4, 0.5) is 0 Å². The molecule has 1 aromatic carbocycles. The Morgan fingerprint density at radius 2 is 2.26 bits per heavy atom. The molecule has 1 aliphatic carbocycles. The number of nitrogens with two attached hydrogens (primary N) is 1. The molecule has 0 radical (unpaired) electrons. The summed E-state index contributed by atoms with van der Waals surface area (Å²) in [5.74, 6) is 6.41. The van der Waals surface area contributed by atoms with Gasteiger partial charge in [-0.1, -0.05) is 53.9 Å². The largest absolute Gasteiger partial charge is 0.271 e. The summed E-state index contributed by atoms with van der Waals surface area (Å²) >= 11 is 9.75. The number of hydrogen-bond donors (Lipinski definition) is 2. The number of benzene rings is 1. The fraction of sp³-hybridized carbons (Fsp3) is 0.600. The molecule has 0 bridgehead atoms. The van der Waals surface area contributed by atoms with Crippen molar-refractivity contribution in [3.8, 4) is 0 Å². The van der Waals surface area contributed by atoms with Gasteiger partial charge in [0.15, 0.2) is 0 Å². The first kappa shape index (κ1) is 15.3. The van der Waals surface area contributed by atoms with Crippen molar-refractivity contribution >= 4 is 27.5 Å². The monoisotopic (exact) mass is 344 g/mol. The van der Waals surface area contributed by atoms with Crippen LogP contribution in [0.2, 0.25) is 5.02 Å². The van der Waals surface area contributed by atoms with E-state index < -0.39 is 0 Å². The molecule has 0 spiro atoms.